The molecule has 0 heterocycles. The molecule has 0 aliphatic carbocycles. The lowest BCUT2D eigenvalue weighted by Gasteiger charge is -2.25. The Bertz CT molecular complexity index is 509. The van der Waals surface area contributed by atoms with Crippen molar-refractivity contribution < 1.29 is 14.3 Å². The molecule has 0 spiro atoms. The van der Waals surface area contributed by atoms with Crippen LogP contribution in [0.4, 0.5) is 9.59 Å². The normalized spacial score (nSPS) is 10.9. The van der Waals surface area contributed by atoms with E-state index in [2.05, 4.69) is 5.32 Å². The Balaban J connectivity index is 2.73. The van der Waals surface area contributed by atoms with Crippen molar-refractivity contribution >= 4 is 12.1 Å². The summed E-state index contributed by atoms with van der Waals surface area (Å²) in [5.41, 5.74) is 6.38. The van der Waals surface area contributed by atoms with Crippen molar-refractivity contribution in [3.8, 4) is 0 Å². The van der Waals surface area contributed by atoms with Gasteiger partial charge in [-0.05, 0) is 31.9 Å². The van der Waals surface area contributed by atoms with E-state index in [0.29, 0.717) is 13.1 Å². The van der Waals surface area contributed by atoms with Crippen molar-refractivity contribution in [2.45, 2.75) is 39.5 Å². The molecule has 6 heteroatoms. The standard InChI is InChI=1S/C15H23N3O3/c1-15(2,3)21-14(20)18(4)10-12-8-6-5-7-11(12)9-17-13(16)19/h5-8H,9-10H2,1-4H3,(H3,16,17,19). The lowest BCUT2D eigenvalue weighted by molar-refractivity contribution is 0.0284. The van der Waals surface area contributed by atoms with E-state index in [9.17, 15) is 9.59 Å². The van der Waals surface area contributed by atoms with Gasteiger partial charge in [0, 0.05) is 20.1 Å². The molecule has 0 saturated heterocycles. The third-order valence-electron chi connectivity index (χ3n) is 2.68. The monoisotopic (exact) mass is 293 g/mol. The largest absolute Gasteiger partial charge is 0.444 e. The van der Waals surface area contributed by atoms with Crippen molar-refractivity contribution in [1.29, 1.82) is 0 Å². The molecular weight excluding hydrogens is 270 g/mol. The second-order valence-electron chi connectivity index (χ2n) is 5.82. The van der Waals surface area contributed by atoms with E-state index in [4.69, 9.17) is 10.5 Å². The van der Waals surface area contributed by atoms with Gasteiger partial charge < -0.3 is 20.7 Å². The van der Waals surface area contributed by atoms with Gasteiger partial charge in [0.2, 0.25) is 0 Å². The number of hydrogen-bond acceptors (Lipinski definition) is 3. The zero-order chi connectivity index (χ0) is 16.0. The molecule has 0 atom stereocenters. The Morgan fingerprint density at radius 3 is 2.33 bits per heavy atom. The molecule has 0 bridgehead atoms. The first kappa shape index (κ1) is 16.8. The average Bonchev–Trinajstić information content (AvgIpc) is 2.35. The summed E-state index contributed by atoms with van der Waals surface area (Å²) in [4.78, 5) is 24.2. The van der Waals surface area contributed by atoms with Crippen LogP contribution in [-0.4, -0.2) is 29.7 Å². The molecule has 3 amide bonds. The number of nitrogens with two attached hydrogens (primary N) is 1. The number of ether oxygens (including phenoxy) is 1. The van der Waals surface area contributed by atoms with Gasteiger partial charge in [0.15, 0.2) is 0 Å². The zero-order valence-corrected chi connectivity index (χ0v) is 13.0. The molecule has 21 heavy (non-hydrogen) atoms. The zero-order valence-electron chi connectivity index (χ0n) is 13.0. The van der Waals surface area contributed by atoms with Crippen molar-refractivity contribution in [2.75, 3.05) is 7.05 Å². The SMILES string of the molecule is CN(Cc1ccccc1CNC(N)=O)C(=O)OC(C)(C)C. The van der Waals surface area contributed by atoms with Gasteiger partial charge in [-0.15, -0.1) is 0 Å². The molecule has 0 saturated carbocycles. The fourth-order valence-electron chi connectivity index (χ4n) is 1.73. The molecule has 1 aromatic rings. The topological polar surface area (TPSA) is 84.7 Å². The number of primary amides is 1. The molecule has 0 unspecified atom stereocenters. The number of urea groups is 1. The summed E-state index contributed by atoms with van der Waals surface area (Å²) >= 11 is 0. The summed E-state index contributed by atoms with van der Waals surface area (Å²) in [6, 6.07) is 6.96. The molecule has 1 rings (SSSR count). The highest BCUT2D eigenvalue weighted by Gasteiger charge is 2.20. The molecule has 0 fully saturated rings. The first-order valence-corrected chi connectivity index (χ1v) is 6.73. The first-order valence-electron chi connectivity index (χ1n) is 6.73. The summed E-state index contributed by atoms with van der Waals surface area (Å²) < 4.78 is 5.31. The maximum atomic E-state index is 12.0. The third kappa shape index (κ3) is 6.16. The molecule has 0 aliphatic rings. The van der Waals surface area contributed by atoms with Gasteiger partial charge in [-0.2, -0.15) is 0 Å². The van der Waals surface area contributed by atoms with Crippen molar-refractivity contribution in [3.63, 3.8) is 0 Å². The number of carbonyl (C=O) groups excluding carboxylic acids is 2. The minimum atomic E-state index is -0.578. The van der Waals surface area contributed by atoms with Crippen LogP contribution in [-0.2, 0) is 17.8 Å². The number of rotatable bonds is 4. The van der Waals surface area contributed by atoms with Crippen LogP contribution in [0.3, 0.4) is 0 Å². The summed E-state index contributed by atoms with van der Waals surface area (Å²) in [7, 11) is 1.67. The van der Waals surface area contributed by atoms with Crippen LogP contribution in [0.2, 0.25) is 0 Å². The summed E-state index contributed by atoms with van der Waals surface area (Å²) in [5, 5.41) is 2.55. The number of hydrogen-bond donors (Lipinski definition) is 2. The van der Waals surface area contributed by atoms with Gasteiger partial charge in [0.1, 0.15) is 5.60 Å². The molecule has 6 nitrogen and oxygen atoms in total. The Morgan fingerprint density at radius 1 is 1.24 bits per heavy atom. The van der Waals surface area contributed by atoms with Crippen LogP contribution in [0.5, 0.6) is 0 Å². The average molecular weight is 293 g/mol. The quantitative estimate of drug-likeness (QED) is 0.892. The van der Waals surface area contributed by atoms with E-state index in [1.807, 2.05) is 45.0 Å². The number of amides is 3. The number of benzene rings is 1. The van der Waals surface area contributed by atoms with Crippen molar-refractivity contribution in [2.24, 2.45) is 5.73 Å². The molecule has 116 valence electrons. The highest BCUT2D eigenvalue weighted by atomic mass is 16.6. The van der Waals surface area contributed by atoms with E-state index >= 15 is 0 Å². The fourth-order valence-corrected chi connectivity index (χ4v) is 1.73. The number of nitrogens with one attached hydrogen (secondary N) is 1. The minimum Gasteiger partial charge on any atom is -0.444 e. The second-order valence-corrected chi connectivity index (χ2v) is 5.82. The van der Waals surface area contributed by atoms with E-state index in [0.717, 1.165) is 11.1 Å². The van der Waals surface area contributed by atoms with Crippen LogP contribution in [0.15, 0.2) is 24.3 Å². The lowest BCUT2D eigenvalue weighted by atomic mass is 10.1. The van der Waals surface area contributed by atoms with E-state index in [1.54, 1.807) is 7.05 Å². The van der Waals surface area contributed by atoms with Gasteiger partial charge in [0.25, 0.3) is 0 Å². The predicted molar refractivity (Wildman–Crippen MR) is 80.6 cm³/mol. The summed E-state index contributed by atoms with van der Waals surface area (Å²) in [6.07, 6.45) is -0.389. The molecule has 0 aromatic heterocycles. The highest BCUT2D eigenvalue weighted by Crippen LogP contribution is 2.14. The first-order chi connectivity index (χ1) is 9.69. The second kappa shape index (κ2) is 6.97. The van der Waals surface area contributed by atoms with Crippen LogP contribution in [0, 0.1) is 0 Å². The molecular formula is C15H23N3O3. The van der Waals surface area contributed by atoms with Gasteiger partial charge in [-0.25, -0.2) is 9.59 Å². The molecule has 3 N–H and O–H groups in total. The number of nitrogens with zero attached hydrogens (tertiary/aromatic N) is 1. The van der Waals surface area contributed by atoms with Crippen LogP contribution >= 0.6 is 0 Å². The van der Waals surface area contributed by atoms with Crippen LogP contribution < -0.4 is 11.1 Å². The smallest absolute Gasteiger partial charge is 0.410 e. The molecule has 1 aromatic carbocycles. The molecule has 0 radical (unpaired) electrons. The van der Waals surface area contributed by atoms with Gasteiger partial charge in [0.05, 0.1) is 0 Å². The summed E-state index contributed by atoms with van der Waals surface area (Å²) in [5.74, 6) is 0. The number of carbonyl (C=O) groups is 2. The van der Waals surface area contributed by atoms with Crippen molar-refractivity contribution in [1.82, 2.24) is 10.2 Å². The van der Waals surface area contributed by atoms with Crippen molar-refractivity contribution in [3.05, 3.63) is 35.4 Å². The Labute approximate surface area is 125 Å². The predicted octanol–water partition coefficient (Wildman–Crippen LogP) is 2.22. The van der Waals surface area contributed by atoms with E-state index < -0.39 is 11.6 Å². The van der Waals surface area contributed by atoms with Crippen LogP contribution in [0.25, 0.3) is 0 Å². The molecule has 0 aliphatic heterocycles. The summed E-state index contributed by atoms with van der Waals surface area (Å²) in [6.45, 7) is 6.19. The van der Waals surface area contributed by atoms with Gasteiger partial charge in [-0.1, -0.05) is 24.3 Å². The van der Waals surface area contributed by atoms with Crippen LogP contribution in [0.1, 0.15) is 31.9 Å². The highest BCUT2D eigenvalue weighted by molar-refractivity contribution is 5.71. The maximum Gasteiger partial charge on any atom is 0.410 e. The Morgan fingerprint density at radius 2 is 1.81 bits per heavy atom. The fraction of sp³-hybridized carbons (Fsp3) is 0.467. The van der Waals surface area contributed by atoms with E-state index in [1.165, 1.54) is 4.90 Å². The van der Waals surface area contributed by atoms with E-state index in [-0.39, 0.29) is 6.09 Å². The van der Waals surface area contributed by atoms with Gasteiger partial charge in [-0.3, -0.25) is 0 Å². The Kier molecular flexibility index (Phi) is 5.58. The third-order valence-corrected chi connectivity index (χ3v) is 2.68. The van der Waals surface area contributed by atoms with Gasteiger partial charge >= 0.3 is 12.1 Å². The Hall–Kier alpha value is -2.24. The lowest BCUT2D eigenvalue weighted by Crippen LogP contribution is -2.34. The minimum absolute atomic E-state index is 0.327. The maximum absolute atomic E-state index is 12.0.